The van der Waals surface area contributed by atoms with Crippen molar-refractivity contribution < 1.29 is 38.0 Å². The van der Waals surface area contributed by atoms with Crippen molar-refractivity contribution in [2.75, 3.05) is 27.6 Å². The molecule has 0 radical (unpaired) electrons. The second-order valence-electron chi connectivity index (χ2n) is 9.75. The number of allylic oxidation sites excluding steroid dienone is 1. The summed E-state index contributed by atoms with van der Waals surface area (Å²) in [6, 6.07) is 9.77. The first-order valence-corrected chi connectivity index (χ1v) is 13.6. The first-order valence-electron chi connectivity index (χ1n) is 13.6. The van der Waals surface area contributed by atoms with Crippen molar-refractivity contribution in [2.24, 2.45) is 4.99 Å². The number of hydrogen-bond acceptors (Lipinski definition) is 9. The van der Waals surface area contributed by atoms with Gasteiger partial charge in [-0.05, 0) is 72.7 Å². The minimum Gasteiger partial charge on any atom is -0.493 e. The Morgan fingerprint density at radius 1 is 0.927 bits per heavy atom. The van der Waals surface area contributed by atoms with Crippen LogP contribution in [0.1, 0.15) is 61.4 Å². The maximum atomic E-state index is 12.4. The van der Waals surface area contributed by atoms with Crippen LogP contribution in [0, 0.1) is 6.92 Å². The summed E-state index contributed by atoms with van der Waals surface area (Å²) >= 11 is 0. The first-order chi connectivity index (χ1) is 19.8. The van der Waals surface area contributed by atoms with E-state index in [1.54, 1.807) is 35.0 Å². The number of carbonyl (C=O) groups excluding carboxylic acids is 2. The molecule has 2 aliphatic rings. The predicted molar refractivity (Wildman–Crippen MR) is 154 cm³/mol. The highest BCUT2D eigenvalue weighted by Gasteiger charge is 2.29. The Morgan fingerprint density at radius 3 is 2.24 bits per heavy atom. The van der Waals surface area contributed by atoms with Crippen LogP contribution < -0.4 is 18.9 Å². The molecule has 9 heteroatoms. The number of aryl methyl sites for hydroxylation is 1. The molecule has 5 rings (SSSR count). The van der Waals surface area contributed by atoms with Crippen LogP contribution in [0.15, 0.2) is 41.3 Å². The van der Waals surface area contributed by atoms with Gasteiger partial charge in [0.25, 0.3) is 5.95 Å². The third-order valence-electron chi connectivity index (χ3n) is 7.27. The minimum absolute atomic E-state index is 0.119. The van der Waals surface area contributed by atoms with E-state index in [1.807, 2.05) is 37.3 Å². The van der Waals surface area contributed by atoms with Crippen molar-refractivity contribution in [1.82, 2.24) is 0 Å². The molecular formula is C32H33NO8. The SMILES string of the molecule is CCC(=O)OC(OC(=O)CC)=C(C)c1c(C)cc2c(OC)c(OC)ccc2c1C1=NCCc2cc3c(cc21)OCO3. The fourth-order valence-corrected chi connectivity index (χ4v) is 5.29. The normalized spacial score (nSPS) is 13.3. The van der Waals surface area contributed by atoms with Gasteiger partial charge >= 0.3 is 11.9 Å². The molecular weight excluding hydrogens is 526 g/mol. The number of nitrogens with zero attached hydrogens (tertiary/aromatic N) is 1. The van der Waals surface area contributed by atoms with Crippen LogP contribution in [-0.2, 0) is 25.5 Å². The van der Waals surface area contributed by atoms with Gasteiger partial charge in [-0.3, -0.25) is 14.6 Å². The van der Waals surface area contributed by atoms with Crippen LogP contribution in [-0.4, -0.2) is 45.2 Å². The number of esters is 2. The second-order valence-corrected chi connectivity index (χ2v) is 9.75. The second kappa shape index (κ2) is 11.5. The molecule has 0 atom stereocenters. The van der Waals surface area contributed by atoms with Gasteiger partial charge in [-0.2, -0.15) is 0 Å². The zero-order valence-electron chi connectivity index (χ0n) is 24.1. The van der Waals surface area contributed by atoms with E-state index in [-0.39, 0.29) is 25.6 Å². The van der Waals surface area contributed by atoms with E-state index >= 15 is 0 Å². The smallest absolute Gasteiger partial charge is 0.313 e. The monoisotopic (exact) mass is 559 g/mol. The van der Waals surface area contributed by atoms with Gasteiger partial charge in [0.1, 0.15) is 0 Å². The van der Waals surface area contributed by atoms with Gasteiger partial charge in [0.15, 0.2) is 23.0 Å². The highest BCUT2D eigenvalue weighted by molar-refractivity contribution is 6.24. The Hall–Kier alpha value is -4.53. The molecule has 2 heterocycles. The van der Waals surface area contributed by atoms with Crippen LogP contribution in [0.25, 0.3) is 16.3 Å². The highest BCUT2D eigenvalue weighted by atomic mass is 16.7. The van der Waals surface area contributed by atoms with E-state index in [2.05, 4.69) is 0 Å². The van der Waals surface area contributed by atoms with E-state index in [0.29, 0.717) is 35.1 Å². The number of benzene rings is 3. The fourth-order valence-electron chi connectivity index (χ4n) is 5.29. The summed E-state index contributed by atoms with van der Waals surface area (Å²) in [5.74, 6) is 1.37. The maximum absolute atomic E-state index is 12.4. The summed E-state index contributed by atoms with van der Waals surface area (Å²) in [7, 11) is 3.20. The largest absolute Gasteiger partial charge is 0.493 e. The zero-order valence-corrected chi connectivity index (χ0v) is 24.1. The zero-order chi connectivity index (χ0) is 29.3. The van der Waals surface area contributed by atoms with Crippen LogP contribution in [0.2, 0.25) is 0 Å². The first kappa shape index (κ1) is 28.0. The van der Waals surface area contributed by atoms with Crippen molar-refractivity contribution in [3.8, 4) is 23.0 Å². The standard InChI is InChI=1S/C32H33NO8/c1-7-26(34)40-32(41-27(35)8-2)18(4)28-17(3)13-22-20(9-10-23(36-5)31(22)37-6)29(28)30-21-15-25-24(38-16-39-25)14-19(21)11-12-33-30/h9-10,13-15H,7-8,11-12,16H2,1-6H3. The molecule has 0 fully saturated rings. The summed E-state index contributed by atoms with van der Waals surface area (Å²) < 4.78 is 33.9. The molecule has 0 saturated carbocycles. The molecule has 214 valence electrons. The molecule has 3 aromatic carbocycles. The molecule has 0 aliphatic carbocycles. The van der Waals surface area contributed by atoms with Gasteiger partial charge < -0.3 is 28.4 Å². The Balaban J connectivity index is 1.86. The number of fused-ring (bicyclic) bond motifs is 3. The number of carbonyl (C=O) groups is 2. The molecule has 0 amide bonds. The summed E-state index contributed by atoms with van der Waals surface area (Å²) in [6.07, 6.45) is 0.983. The summed E-state index contributed by atoms with van der Waals surface area (Å²) in [6.45, 7) is 7.82. The lowest BCUT2D eigenvalue weighted by molar-refractivity contribution is -0.153. The van der Waals surface area contributed by atoms with Crippen molar-refractivity contribution in [1.29, 1.82) is 0 Å². The van der Waals surface area contributed by atoms with Crippen molar-refractivity contribution in [3.05, 3.63) is 64.1 Å². The van der Waals surface area contributed by atoms with Gasteiger partial charge in [-0.1, -0.05) is 13.8 Å². The van der Waals surface area contributed by atoms with Gasteiger partial charge in [0, 0.05) is 41.5 Å². The molecule has 0 aromatic heterocycles. The molecule has 0 unspecified atom stereocenters. The number of methoxy groups -OCH3 is 2. The molecule has 0 saturated heterocycles. The Kier molecular flexibility index (Phi) is 7.88. The molecule has 0 spiro atoms. The van der Waals surface area contributed by atoms with Gasteiger partial charge in [0.2, 0.25) is 6.79 Å². The number of aliphatic imine (C=N–C) groups is 1. The average Bonchev–Trinajstić information content (AvgIpc) is 3.44. The third kappa shape index (κ3) is 5.08. The predicted octanol–water partition coefficient (Wildman–Crippen LogP) is 5.88. The van der Waals surface area contributed by atoms with Gasteiger partial charge in [0.05, 0.1) is 19.9 Å². The lowest BCUT2D eigenvalue weighted by atomic mass is 9.83. The summed E-state index contributed by atoms with van der Waals surface area (Å²) in [5, 5.41) is 1.67. The molecule has 0 bridgehead atoms. The average molecular weight is 560 g/mol. The summed E-state index contributed by atoms with van der Waals surface area (Å²) in [5.41, 5.74) is 5.58. The number of hydrogen-bond donors (Lipinski definition) is 0. The van der Waals surface area contributed by atoms with Gasteiger partial charge in [-0.15, -0.1) is 0 Å². The summed E-state index contributed by atoms with van der Waals surface area (Å²) in [4.78, 5) is 29.8. The van der Waals surface area contributed by atoms with E-state index in [4.69, 9.17) is 33.4 Å². The van der Waals surface area contributed by atoms with Crippen molar-refractivity contribution in [3.63, 3.8) is 0 Å². The quantitative estimate of drug-likeness (QED) is 0.249. The molecule has 3 aromatic rings. The molecule has 41 heavy (non-hydrogen) atoms. The van der Waals surface area contributed by atoms with Crippen LogP contribution in [0.5, 0.6) is 23.0 Å². The van der Waals surface area contributed by atoms with Crippen LogP contribution in [0.3, 0.4) is 0 Å². The lowest BCUT2D eigenvalue weighted by Gasteiger charge is -2.24. The van der Waals surface area contributed by atoms with Crippen LogP contribution in [0.4, 0.5) is 0 Å². The molecule has 9 nitrogen and oxygen atoms in total. The highest BCUT2D eigenvalue weighted by Crippen LogP contribution is 2.44. The third-order valence-corrected chi connectivity index (χ3v) is 7.27. The number of rotatable bonds is 8. The van der Waals surface area contributed by atoms with E-state index in [9.17, 15) is 9.59 Å². The van der Waals surface area contributed by atoms with E-state index in [0.717, 1.165) is 50.7 Å². The topological polar surface area (TPSA) is 102 Å². The van der Waals surface area contributed by atoms with Crippen LogP contribution >= 0.6 is 0 Å². The maximum Gasteiger partial charge on any atom is 0.313 e. The molecule has 0 N–H and O–H groups in total. The Bertz CT molecular complexity index is 1600. The van der Waals surface area contributed by atoms with Crippen molar-refractivity contribution in [2.45, 2.75) is 47.0 Å². The number of ether oxygens (including phenoxy) is 6. The van der Waals surface area contributed by atoms with Gasteiger partial charge in [-0.25, -0.2) is 0 Å². The van der Waals surface area contributed by atoms with Crippen molar-refractivity contribution >= 4 is 34.0 Å². The minimum atomic E-state index is -0.511. The van der Waals surface area contributed by atoms with E-state index < -0.39 is 11.9 Å². The Morgan fingerprint density at radius 2 is 1.61 bits per heavy atom. The molecule has 2 aliphatic heterocycles. The van der Waals surface area contributed by atoms with E-state index in [1.165, 1.54) is 0 Å². The Labute approximate surface area is 238 Å². The fraction of sp³-hybridized carbons (Fsp3) is 0.344. The lowest BCUT2D eigenvalue weighted by Crippen LogP contribution is -2.18.